The molecule has 136 valence electrons. The van der Waals surface area contributed by atoms with Crippen molar-refractivity contribution in [3.05, 3.63) is 59.7 Å². The molecule has 2 aromatic rings. The van der Waals surface area contributed by atoms with Gasteiger partial charge in [-0.1, -0.05) is 30.3 Å². The molecule has 0 unspecified atom stereocenters. The monoisotopic (exact) mass is 354 g/mol. The van der Waals surface area contributed by atoms with Gasteiger partial charge in [-0.05, 0) is 30.7 Å². The number of anilines is 1. The van der Waals surface area contributed by atoms with Crippen LogP contribution in [0.1, 0.15) is 15.9 Å². The van der Waals surface area contributed by atoms with E-state index in [2.05, 4.69) is 5.32 Å². The van der Waals surface area contributed by atoms with Gasteiger partial charge >= 0.3 is 0 Å². The average molecular weight is 354 g/mol. The highest BCUT2D eigenvalue weighted by molar-refractivity contribution is 5.97. The molecule has 1 aliphatic rings. The van der Waals surface area contributed by atoms with Gasteiger partial charge in [-0.25, -0.2) is 0 Å². The van der Waals surface area contributed by atoms with Gasteiger partial charge in [0.25, 0.3) is 11.8 Å². The van der Waals surface area contributed by atoms with Crippen LogP contribution >= 0.6 is 0 Å². The lowest BCUT2D eigenvalue weighted by Crippen LogP contribution is -2.40. The van der Waals surface area contributed by atoms with Crippen LogP contribution in [-0.2, 0) is 9.53 Å². The normalized spacial score (nSPS) is 14.0. The van der Waals surface area contributed by atoms with E-state index in [1.165, 1.54) is 0 Å². The standard InChI is InChI=1S/C20H22N2O4/c1-15-6-2-4-8-17(15)21-19(23)14-26-18-9-5-3-7-16(18)20(24)22-10-12-25-13-11-22/h2-9H,10-14H2,1H3,(H,21,23). The number of para-hydroxylation sites is 2. The van der Waals surface area contributed by atoms with E-state index < -0.39 is 0 Å². The first-order valence-electron chi connectivity index (χ1n) is 8.59. The number of morpholine rings is 1. The van der Waals surface area contributed by atoms with Gasteiger partial charge < -0.3 is 19.7 Å². The number of hydrogen-bond acceptors (Lipinski definition) is 4. The van der Waals surface area contributed by atoms with Gasteiger partial charge in [0.1, 0.15) is 5.75 Å². The van der Waals surface area contributed by atoms with Crippen LogP contribution in [0.25, 0.3) is 0 Å². The Labute approximate surface area is 152 Å². The molecule has 6 heteroatoms. The summed E-state index contributed by atoms with van der Waals surface area (Å²) in [6, 6.07) is 14.5. The number of carbonyl (C=O) groups is 2. The maximum absolute atomic E-state index is 12.7. The summed E-state index contributed by atoms with van der Waals surface area (Å²) in [6.45, 7) is 3.94. The van der Waals surface area contributed by atoms with Crippen LogP contribution in [0, 0.1) is 6.92 Å². The van der Waals surface area contributed by atoms with E-state index in [-0.39, 0.29) is 18.4 Å². The summed E-state index contributed by atoms with van der Waals surface area (Å²) in [5, 5.41) is 2.82. The zero-order valence-electron chi connectivity index (χ0n) is 14.7. The molecule has 1 fully saturated rings. The number of nitrogens with one attached hydrogen (secondary N) is 1. The Morgan fingerprint density at radius 3 is 2.54 bits per heavy atom. The minimum absolute atomic E-state index is 0.108. The SMILES string of the molecule is Cc1ccccc1NC(=O)COc1ccccc1C(=O)N1CCOCC1. The molecule has 2 amide bonds. The maximum Gasteiger partial charge on any atom is 0.262 e. The van der Waals surface area contributed by atoms with Crippen molar-refractivity contribution in [2.24, 2.45) is 0 Å². The topological polar surface area (TPSA) is 67.9 Å². The van der Waals surface area contributed by atoms with Crippen molar-refractivity contribution >= 4 is 17.5 Å². The molecular formula is C20H22N2O4. The smallest absolute Gasteiger partial charge is 0.262 e. The minimum Gasteiger partial charge on any atom is -0.483 e. The largest absolute Gasteiger partial charge is 0.483 e. The van der Waals surface area contributed by atoms with Crippen molar-refractivity contribution < 1.29 is 19.1 Å². The Morgan fingerprint density at radius 1 is 1.08 bits per heavy atom. The fourth-order valence-electron chi connectivity index (χ4n) is 2.75. The van der Waals surface area contributed by atoms with Crippen molar-refractivity contribution in [3.63, 3.8) is 0 Å². The third-order valence-electron chi connectivity index (χ3n) is 4.19. The molecule has 0 radical (unpaired) electrons. The van der Waals surface area contributed by atoms with E-state index in [1.807, 2.05) is 31.2 Å². The first-order valence-corrected chi connectivity index (χ1v) is 8.59. The van der Waals surface area contributed by atoms with Crippen LogP contribution < -0.4 is 10.1 Å². The number of rotatable bonds is 5. The fraction of sp³-hybridized carbons (Fsp3) is 0.300. The first-order chi connectivity index (χ1) is 12.6. The molecule has 6 nitrogen and oxygen atoms in total. The van der Waals surface area contributed by atoms with Crippen LogP contribution in [0.15, 0.2) is 48.5 Å². The zero-order valence-corrected chi connectivity index (χ0v) is 14.7. The maximum atomic E-state index is 12.7. The summed E-state index contributed by atoms with van der Waals surface area (Å²) in [5.74, 6) is 0.0278. The number of ether oxygens (including phenoxy) is 2. The van der Waals surface area contributed by atoms with E-state index in [4.69, 9.17) is 9.47 Å². The van der Waals surface area contributed by atoms with Gasteiger partial charge in [-0.3, -0.25) is 9.59 Å². The molecule has 2 aromatic carbocycles. The van der Waals surface area contributed by atoms with Crippen LogP contribution in [-0.4, -0.2) is 49.6 Å². The Bertz CT molecular complexity index is 785. The Balaban J connectivity index is 1.64. The van der Waals surface area contributed by atoms with Crippen LogP contribution in [0.4, 0.5) is 5.69 Å². The zero-order chi connectivity index (χ0) is 18.4. The molecular weight excluding hydrogens is 332 g/mol. The van der Waals surface area contributed by atoms with E-state index in [9.17, 15) is 9.59 Å². The van der Waals surface area contributed by atoms with Crippen molar-refractivity contribution in [2.75, 3.05) is 38.2 Å². The van der Waals surface area contributed by atoms with E-state index in [1.54, 1.807) is 29.2 Å². The quantitative estimate of drug-likeness (QED) is 0.896. The predicted octanol–water partition coefficient (Wildman–Crippen LogP) is 2.48. The highest BCUT2D eigenvalue weighted by Gasteiger charge is 2.21. The second kappa shape index (κ2) is 8.49. The van der Waals surface area contributed by atoms with Gasteiger partial charge in [0.15, 0.2) is 6.61 Å². The third kappa shape index (κ3) is 4.40. The number of carbonyl (C=O) groups excluding carboxylic acids is 2. The second-order valence-corrected chi connectivity index (χ2v) is 6.05. The van der Waals surface area contributed by atoms with E-state index in [0.717, 1.165) is 11.3 Å². The van der Waals surface area contributed by atoms with Crippen molar-refractivity contribution in [1.29, 1.82) is 0 Å². The van der Waals surface area contributed by atoms with Crippen molar-refractivity contribution in [3.8, 4) is 5.75 Å². The van der Waals surface area contributed by atoms with Crippen molar-refractivity contribution in [2.45, 2.75) is 6.92 Å². The molecule has 0 atom stereocenters. The van der Waals surface area contributed by atoms with E-state index >= 15 is 0 Å². The summed E-state index contributed by atoms with van der Waals surface area (Å²) in [5.41, 5.74) is 2.18. The molecule has 26 heavy (non-hydrogen) atoms. The molecule has 0 bridgehead atoms. The van der Waals surface area contributed by atoms with Crippen LogP contribution in [0.5, 0.6) is 5.75 Å². The third-order valence-corrected chi connectivity index (χ3v) is 4.19. The number of nitrogens with zero attached hydrogens (tertiary/aromatic N) is 1. The van der Waals surface area contributed by atoms with Crippen LogP contribution in [0.3, 0.4) is 0 Å². The molecule has 1 aliphatic heterocycles. The van der Waals surface area contributed by atoms with Gasteiger partial charge in [-0.2, -0.15) is 0 Å². The van der Waals surface area contributed by atoms with Gasteiger partial charge in [0.05, 0.1) is 18.8 Å². The lowest BCUT2D eigenvalue weighted by Gasteiger charge is -2.27. The number of amides is 2. The number of benzene rings is 2. The summed E-state index contributed by atoms with van der Waals surface area (Å²) < 4.78 is 10.9. The van der Waals surface area contributed by atoms with E-state index in [0.29, 0.717) is 37.6 Å². The summed E-state index contributed by atoms with van der Waals surface area (Å²) in [7, 11) is 0. The fourth-order valence-corrected chi connectivity index (χ4v) is 2.75. The lowest BCUT2D eigenvalue weighted by molar-refractivity contribution is -0.118. The van der Waals surface area contributed by atoms with Crippen LogP contribution in [0.2, 0.25) is 0 Å². The van der Waals surface area contributed by atoms with Crippen molar-refractivity contribution in [1.82, 2.24) is 4.90 Å². The highest BCUT2D eigenvalue weighted by Crippen LogP contribution is 2.21. The molecule has 0 aliphatic carbocycles. The Morgan fingerprint density at radius 2 is 1.77 bits per heavy atom. The molecule has 1 saturated heterocycles. The summed E-state index contributed by atoms with van der Waals surface area (Å²) >= 11 is 0. The van der Waals surface area contributed by atoms with Gasteiger partial charge in [0, 0.05) is 18.8 Å². The second-order valence-electron chi connectivity index (χ2n) is 6.05. The molecule has 0 aromatic heterocycles. The number of hydrogen-bond donors (Lipinski definition) is 1. The Hall–Kier alpha value is -2.86. The predicted molar refractivity (Wildman–Crippen MR) is 98.5 cm³/mol. The lowest BCUT2D eigenvalue weighted by atomic mass is 10.1. The molecule has 1 heterocycles. The molecule has 0 spiro atoms. The summed E-state index contributed by atoms with van der Waals surface area (Å²) in [6.07, 6.45) is 0. The molecule has 1 N–H and O–H groups in total. The average Bonchev–Trinajstić information content (AvgIpc) is 2.68. The summed E-state index contributed by atoms with van der Waals surface area (Å²) in [4.78, 5) is 26.6. The Kier molecular flexibility index (Phi) is 5.86. The minimum atomic E-state index is -0.270. The van der Waals surface area contributed by atoms with Gasteiger partial charge in [0.2, 0.25) is 0 Å². The first kappa shape index (κ1) is 17.9. The highest BCUT2D eigenvalue weighted by atomic mass is 16.5. The number of aryl methyl sites for hydroxylation is 1. The molecule has 3 rings (SSSR count). The van der Waals surface area contributed by atoms with Gasteiger partial charge in [-0.15, -0.1) is 0 Å². The molecule has 0 saturated carbocycles.